The van der Waals surface area contributed by atoms with E-state index in [1.807, 2.05) is 6.92 Å². The average molecular weight is 317 g/mol. The second-order valence-corrected chi connectivity index (χ2v) is 5.71. The smallest absolute Gasteiger partial charge is 0.245 e. The van der Waals surface area contributed by atoms with Crippen molar-refractivity contribution in [3.05, 3.63) is 23.1 Å². The zero-order valence-electron chi connectivity index (χ0n) is 14.0. The Morgan fingerprint density at radius 1 is 0.957 bits per heavy atom. The normalized spacial score (nSPS) is 16.0. The summed E-state index contributed by atoms with van der Waals surface area (Å²) in [7, 11) is 0. The van der Waals surface area contributed by atoms with Gasteiger partial charge in [-0.15, -0.1) is 5.10 Å². The first-order valence-electron chi connectivity index (χ1n) is 8.18. The third kappa shape index (κ3) is 3.64. The van der Waals surface area contributed by atoms with Crippen LogP contribution in [0.1, 0.15) is 37.0 Å². The van der Waals surface area contributed by atoms with Crippen molar-refractivity contribution in [2.24, 2.45) is 0 Å². The maximum Gasteiger partial charge on any atom is 0.245 e. The van der Waals surface area contributed by atoms with Crippen molar-refractivity contribution in [1.82, 2.24) is 30.2 Å². The summed E-state index contributed by atoms with van der Waals surface area (Å²) in [6, 6.07) is 0. The van der Waals surface area contributed by atoms with E-state index in [0.29, 0.717) is 18.3 Å². The van der Waals surface area contributed by atoms with Crippen molar-refractivity contribution >= 4 is 5.95 Å². The van der Waals surface area contributed by atoms with E-state index in [1.165, 1.54) is 0 Å². The van der Waals surface area contributed by atoms with E-state index < -0.39 is 0 Å². The molecule has 1 aliphatic rings. The van der Waals surface area contributed by atoms with Gasteiger partial charge >= 0.3 is 0 Å². The van der Waals surface area contributed by atoms with Gasteiger partial charge in [0.1, 0.15) is 0 Å². The highest BCUT2D eigenvalue weighted by atomic mass is 16.5. The SMILES string of the molecule is CCc1nnc(N2CCN(Cc3nc(C)no3)CC2)nc1CC. The molecule has 0 radical (unpaired) electrons. The van der Waals surface area contributed by atoms with Crippen molar-refractivity contribution in [3.63, 3.8) is 0 Å². The maximum absolute atomic E-state index is 5.18. The quantitative estimate of drug-likeness (QED) is 0.808. The topological polar surface area (TPSA) is 84.1 Å². The van der Waals surface area contributed by atoms with Crippen LogP contribution in [0.5, 0.6) is 0 Å². The Labute approximate surface area is 135 Å². The van der Waals surface area contributed by atoms with Crippen molar-refractivity contribution in [1.29, 1.82) is 0 Å². The van der Waals surface area contributed by atoms with Crippen LogP contribution >= 0.6 is 0 Å². The van der Waals surface area contributed by atoms with Crippen molar-refractivity contribution in [2.45, 2.75) is 40.2 Å². The Bertz CT molecular complexity index is 649. The van der Waals surface area contributed by atoms with Gasteiger partial charge in [0.15, 0.2) is 5.82 Å². The average Bonchev–Trinajstić information content (AvgIpc) is 3.00. The Hall–Kier alpha value is -2.09. The molecule has 2 aromatic heterocycles. The van der Waals surface area contributed by atoms with Crippen molar-refractivity contribution in [3.8, 4) is 0 Å². The summed E-state index contributed by atoms with van der Waals surface area (Å²) in [5.74, 6) is 2.10. The molecule has 0 atom stereocenters. The maximum atomic E-state index is 5.18. The monoisotopic (exact) mass is 317 g/mol. The predicted molar refractivity (Wildman–Crippen MR) is 85.1 cm³/mol. The molecule has 0 amide bonds. The molecule has 0 unspecified atom stereocenters. The van der Waals surface area contributed by atoms with E-state index >= 15 is 0 Å². The van der Waals surface area contributed by atoms with Crippen LogP contribution in [0.2, 0.25) is 0 Å². The van der Waals surface area contributed by atoms with Gasteiger partial charge in [0.05, 0.1) is 17.9 Å². The van der Waals surface area contributed by atoms with Gasteiger partial charge in [-0.05, 0) is 19.8 Å². The van der Waals surface area contributed by atoms with Gasteiger partial charge in [0, 0.05) is 26.2 Å². The van der Waals surface area contributed by atoms with E-state index in [-0.39, 0.29) is 0 Å². The molecule has 1 fully saturated rings. The fourth-order valence-corrected chi connectivity index (χ4v) is 2.76. The molecule has 0 aliphatic carbocycles. The number of piperazine rings is 1. The molecule has 124 valence electrons. The lowest BCUT2D eigenvalue weighted by Gasteiger charge is -2.33. The number of nitrogens with zero attached hydrogens (tertiary/aromatic N) is 7. The molecular weight excluding hydrogens is 294 g/mol. The molecule has 2 aromatic rings. The fraction of sp³-hybridized carbons (Fsp3) is 0.667. The van der Waals surface area contributed by atoms with Gasteiger partial charge in [0.25, 0.3) is 0 Å². The number of anilines is 1. The number of hydrogen-bond acceptors (Lipinski definition) is 8. The molecular formula is C15H23N7O. The molecule has 0 spiro atoms. The molecule has 0 N–H and O–H groups in total. The van der Waals surface area contributed by atoms with Gasteiger partial charge in [-0.2, -0.15) is 10.1 Å². The molecule has 1 saturated heterocycles. The zero-order valence-corrected chi connectivity index (χ0v) is 14.0. The summed E-state index contributed by atoms with van der Waals surface area (Å²) in [6.45, 7) is 10.3. The van der Waals surface area contributed by atoms with E-state index in [1.54, 1.807) is 0 Å². The molecule has 0 saturated carbocycles. The van der Waals surface area contributed by atoms with Gasteiger partial charge in [0.2, 0.25) is 11.8 Å². The summed E-state index contributed by atoms with van der Waals surface area (Å²) < 4.78 is 5.18. The Balaban J connectivity index is 1.60. The first-order valence-corrected chi connectivity index (χ1v) is 8.18. The van der Waals surface area contributed by atoms with E-state index in [9.17, 15) is 0 Å². The van der Waals surface area contributed by atoms with E-state index in [4.69, 9.17) is 9.51 Å². The predicted octanol–water partition coefficient (Wildman–Crippen LogP) is 1.01. The van der Waals surface area contributed by atoms with Crippen molar-refractivity contribution < 1.29 is 4.52 Å². The Morgan fingerprint density at radius 3 is 2.30 bits per heavy atom. The zero-order chi connectivity index (χ0) is 16.2. The summed E-state index contributed by atoms with van der Waals surface area (Å²) in [5.41, 5.74) is 2.06. The fourth-order valence-electron chi connectivity index (χ4n) is 2.76. The van der Waals surface area contributed by atoms with Crippen LogP contribution in [0, 0.1) is 6.92 Å². The minimum absolute atomic E-state index is 0.675. The Morgan fingerprint density at radius 2 is 1.70 bits per heavy atom. The minimum Gasteiger partial charge on any atom is -0.338 e. The van der Waals surface area contributed by atoms with Crippen LogP contribution in [0.4, 0.5) is 5.95 Å². The van der Waals surface area contributed by atoms with Crippen molar-refractivity contribution in [2.75, 3.05) is 31.1 Å². The van der Waals surface area contributed by atoms with Crippen LogP contribution in [0.3, 0.4) is 0 Å². The third-order valence-corrected chi connectivity index (χ3v) is 4.08. The largest absolute Gasteiger partial charge is 0.338 e. The Kier molecular flexibility index (Phi) is 4.80. The highest BCUT2D eigenvalue weighted by Crippen LogP contribution is 2.14. The minimum atomic E-state index is 0.675. The summed E-state index contributed by atoms with van der Waals surface area (Å²) >= 11 is 0. The molecule has 3 rings (SSSR count). The van der Waals surface area contributed by atoms with Crippen LogP contribution in [-0.2, 0) is 19.4 Å². The lowest BCUT2D eigenvalue weighted by Crippen LogP contribution is -2.46. The molecule has 3 heterocycles. The first kappa shape index (κ1) is 15.8. The van der Waals surface area contributed by atoms with Gasteiger partial charge < -0.3 is 9.42 Å². The van der Waals surface area contributed by atoms with E-state index in [0.717, 1.165) is 56.4 Å². The van der Waals surface area contributed by atoms with Gasteiger partial charge in [-0.1, -0.05) is 19.0 Å². The third-order valence-electron chi connectivity index (χ3n) is 4.08. The highest BCUT2D eigenvalue weighted by Gasteiger charge is 2.21. The lowest BCUT2D eigenvalue weighted by atomic mass is 10.2. The lowest BCUT2D eigenvalue weighted by molar-refractivity contribution is 0.214. The molecule has 1 aliphatic heterocycles. The van der Waals surface area contributed by atoms with Crippen LogP contribution < -0.4 is 4.90 Å². The summed E-state index contributed by atoms with van der Waals surface area (Å²) in [6.07, 6.45) is 1.77. The summed E-state index contributed by atoms with van der Waals surface area (Å²) in [5, 5.41) is 12.5. The van der Waals surface area contributed by atoms with E-state index in [2.05, 4.69) is 44.0 Å². The number of rotatable bonds is 5. The molecule has 8 heteroatoms. The van der Waals surface area contributed by atoms with Gasteiger partial charge in [-0.3, -0.25) is 4.90 Å². The summed E-state index contributed by atoms with van der Waals surface area (Å²) in [4.78, 5) is 13.4. The standard InChI is InChI=1S/C15H23N7O/c1-4-12-13(5-2)18-19-15(17-12)22-8-6-21(7-9-22)10-14-16-11(3)20-23-14/h4-10H2,1-3H3. The first-order chi connectivity index (χ1) is 11.2. The second-order valence-electron chi connectivity index (χ2n) is 5.71. The molecule has 8 nitrogen and oxygen atoms in total. The second kappa shape index (κ2) is 6.99. The number of aromatic nitrogens is 5. The molecule has 0 aromatic carbocycles. The molecule has 23 heavy (non-hydrogen) atoms. The van der Waals surface area contributed by atoms with Crippen LogP contribution in [-0.4, -0.2) is 56.4 Å². The van der Waals surface area contributed by atoms with Crippen LogP contribution in [0.25, 0.3) is 0 Å². The highest BCUT2D eigenvalue weighted by molar-refractivity contribution is 5.31. The van der Waals surface area contributed by atoms with Gasteiger partial charge in [-0.25, -0.2) is 4.98 Å². The van der Waals surface area contributed by atoms with Crippen LogP contribution in [0.15, 0.2) is 4.52 Å². The molecule has 0 bridgehead atoms. The number of aryl methyl sites for hydroxylation is 3. The number of hydrogen-bond donors (Lipinski definition) is 0.